The lowest BCUT2D eigenvalue weighted by Crippen LogP contribution is -2.27. The van der Waals surface area contributed by atoms with Gasteiger partial charge in [0, 0.05) is 19.2 Å². The summed E-state index contributed by atoms with van der Waals surface area (Å²) in [6, 6.07) is 27.8. The summed E-state index contributed by atoms with van der Waals surface area (Å²) in [5.74, 6) is 0.767. The highest BCUT2D eigenvalue weighted by atomic mass is 16.5. The van der Waals surface area contributed by atoms with E-state index in [1.54, 1.807) is 12.0 Å². The minimum atomic E-state index is -0.0321. The Morgan fingerprint density at radius 2 is 1.58 bits per heavy atom. The van der Waals surface area contributed by atoms with Gasteiger partial charge in [0.15, 0.2) is 0 Å². The fraction of sp³-hybridized carbons (Fsp3) is 0.214. The monoisotopic (exact) mass is 439 g/mol. The summed E-state index contributed by atoms with van der Waals surface area (Å²) in [7, 11) is 3.49. The quantitative estimate of drug-likeness (QED) is 0.350. The molecule has 1 amide bonds. The molecule has 0 saturated heterocycles. The number of benzene rings is 3. The summed E-state index contributed by atoms with van der Waals surface area (Å²) in [5.41, 5.74) is 5.26. The van der Waals surface area contributed by atoms with Crippen LogP contribution in [0.2, 0.25) is 0 Å². The minimum Gasteiger partial charge on any atom is -0.497 e. The van der Waals surface area contributed by atoms with Gasteiger partial charge in [0.2, 0.25) is 0 Å². The van der Waals surface area contributed by atoms with Crippen molar-refractivity contribution in [2.24, 2.45) is 0 Å². The van der Waals surface area contributed by atoms with Gasteiger partial charge in [0.1, 0.15) is 11.4 Å². The van der Waals surface area contributed by atoms with Crippen LogP contribution >= 0.6 is 0 Å². The number of amides is 1. The SMILES string of the molecule is CCCc1c(C(=O)N(C)Cc2ccc(OC)cc2)c(-c2ccccc2)nn1-c1ccccc1. The molecule has 0 radical (unpaired) electrons. The molecule has 3 aromatic carbocycles. The molecule has 0 aliphatic heterocycles. The molecule has 5 heteroatoms. The molecule has 0 N–H and O–H groups in total. The van der Waals surface area contributed by atoms with Crippen LogP contribution in [0.15, 0.2) is 84.9 Å². The molecule has 0 aliphatic rings. The molecule has 1 aromatic heterocycles. The van der Waals surface area contributed by atoms with E-state index in [0.717, 1.165) is 46.8 Å². The predicted octanol–water partition coefficient (Wildman–Crippen LogP) is 5.77. The van der Waals surface area contributed by atoms with Gasteiger partial charge < -0.3 is 9.64 Å². The van der Waals surface area contributed by atoms with Crippen LogP contribution in [0.25, 0.3) is 16.9 Å². The third-order valence-corrected chi connectivity index (χ3v) is 5.66. The fourth-order valence-electron chi connectivity index (χ4n) is 3.99. The van der Waals surface area contributed by atoms with E-state index in [1.165, 1.54) is 0 Å². The Morgan fingerprint density at radius 1 is 0.939 bits per heavy atom. The van der Waals surface area contributed by atoms with Crippen LogP contribution in [0.3, 0.4) is 0 Å². The second-order valence-electron chi connectivity index (χ2n) is 8.04. The smallest absolute Gasteiger partial charge is 0.258 e. The van der Waals surface area contributed by atoms with E-state index in [0.29, 0.717) is 12.1 Å². The van der Waals surface area contributed by atoms with Crippen LogP contribution in [0.1, 0.15) is 35.0 Å². The van der Waals surface area contributed by atoms with Gasteiger partial charge in [-0.2, -0.15) is 5.10 Å². The first-order chi connectivity index (χ1) is 16.1. The maximum Gasteiger partial charge on any atom is 0.258 e. The average Bonchev–Trinajstić information content (AvgIpc) is 3.24. The molecule has 0 aliphatic carbocycles. The van der Waals surface area contributed by atoms with Crippen LogP contribution < -0.4 is 4.74 Å². The number of hydrogen-bond acceptors (Lipinski definition) is 3. The van der Waals surface area contributed by atoms with E-state index in [1.807, 2.05) is 96.7 Å². The van der Waals surface area contributed by atoms with Crippen molar-refractivity contribution in [3.05, 3.63) is 102 Å². The molecule has 5 nitrogen and oxygen atoms in total. The number of carbonyl (C=O) groups is 1. The predicted molar refractivity (Wildman–Crippen MR) is 132 cm³/mol. The van der Waals surface area contributed by atoms with Crippen molar-refractivity contribution in [2.45, 2.75) is 26.3 Å². The van der Waals surface area contributed by atoms with Gasteiger partial charge >= 0.3 is 0 Å². The zero-order valence-electron chi connectivity index (χ0n) is 19.4. The third-order valence-electron chi connectivity index (χ3n) is 5.66. The summed E-state index contributed by atoms with van der Waals surface area (Å²) in [6.07, 6.45) is 1.67. The molecule has 168 valence electrons. The van der Waals surface area contributed by atoms with Gasteiger partial charge in [0.25, 0.3) is 5.91 Å². The fourth-order valence-corrected chi connectivity index (χ4v) is 3.99. The van der Waals surface area contributed by atoms with Crippen molar-refractivity contribution in [3.8, 4) is 22.7 Å². The number of hydrogen-bond donors (Lipinski definition) is 0. The summed E-state index contributed by atoms with van der Waals surface area (Å²) in [6.45, 7) is 2.62. The first-order valence-corrected chi connectivity index (χ1v) is 11.2. The Kier molecular flexibility index (Phi) is 6.89. The molecule has 1 heterocycles. The molecule has 0 saturated carbocycles. The highest BCUT2D eigenvalue weighted by Gasteiger charge is 2.27. The number of para-hydroxylation sites is 1. The van der Waals surface area contributed by atoms with Crippen molar-refractivity contribution >= 4 is 5.91 Å². The van der Waals surface area contributed by atoms with E-state index in [4.69, 9.17) is 9.84 Å². The van der Waals surface area contributed by atoms with Crippen molar-refractivity contribution < 1.29 is 9.53 Å². The Hall–Kier alpha value is -3.86. The highest BCUT2D eigenvalue weighted by Crippen LogP contribution is 2.30. The van der Waals surface area contributed by atoms with E-state index in [-0.39, 0.29) is 5.91 Å². The lowest BCUT2D eigenvalue weighted by Gasteiger charge is -2.19. The lowest BCUT2D eigenvalue weighted by molar-refractivity contribution is 0.0784. The zero-order valence-corrected chi connectivity index (χ0v) is 19.4. The van der Waals surface area contributed by atoms with Crippen molar-refractivity contribution in [2.75, 3.05) is 14.2 Å². The van der Waals surface area contributed by atoms with Crippen LogP contribution in [0, 0.1) is 0 Å². The molecule has 4 rings (SSSR count). The number of nitrogens with zero attached hydrogens (tertiary/aromatic N) is 3. The lowest BCUT2D eigenvalue weighted by atomic mass is 10.0. The van der Waals surface area contributed by atoms with Gasteiger partial charge in [-0.1, -0.05) is 74.0 Å². The minimum absolute atomic E-state index is 0.0321. The molecule has 4 aromatic rings. The van der Waals surface area contributed by atoms with Crippen LogP contribution in [-0.2, 0) is 13.0 Å². The molecule has 0 bridgehead atoms. The maximum absolute atomic E-state index is 13.9. The largest absolute Gasteiger partial charge is 0.497 e. The van der Waals surface area contributed by atoms with Gasteiger partial charge in [0.05, 0.1) is 24.1 Å². The van der Waals surface area contributed by atoms with E-state index >= 15 is 0 Å². The number of ether oxygens (including phenoxy) is 1. The standard InChI is InChI=1S/C28H29N3O2/c1-4-11-25-26(28(32)30(2)20-21-16-18-24(33-3)19-17-21)27(22-12-7-5-8-13-22)29-31(25)23-14-9-6-10-15-23/h5-10,12-19H,4,11,20H2,1-3H3. The molecular weight excluding hydrogens is 410 g/mol. The second kappa shape index (κ2) is 10.2. The Morgan fingerprint density at radius 3 is 2.18 bits per heavy atom. The highest BCUT2D eigenvalue weighted by molar-refractivity contribution is 6.01. The molecule has 0 fully saturated rings. The van der Waals surface area contributed by atoms with Crippen molar-refractivity contribution in [1.29, 1.82) is 0 Å². The summed E-state index contributed by atoms with van der Waals surface area (Å²) >= 11 is 0. The zero-order chi connectivity index (χ0) is 23.2. The molecule has 0 unspecified atom stereocenters. The number of aromatic nitrogens is 2. The third kappa shape index (κ3) is 4.82. The van der Waals surface area contributed by atoms with Gasteiger partial charge in [-0.15, -0.1) is 0 Å². The van der Waals surface area contributed by atoms with E-state index in [9.17, 15) is 4.79 Å². The Balaban J connectivity index is 1.78. The number of carbonyl (C=O) groups excluding carboxylic acids is 1. The molecule has 0 atom stereocenters. The van der Waals surface area contributed by atoms with Crippen molar-refractivity contribution in [3.63, 3.8) is 0 Å². The van der Waals surface area contributed by atoms with E-state index < -0.39 is 0 Å². The van der Waals surface area contributed by atoms with Crippen molar-refractivity contribution in [1.82, 2.24) is 14.7 Å². The normalized spacial score (nSPS) is 10.8. The Bertz CT molecular complexity index is 1200. The second-order valence-corrected chi connectivity index (χ2v) is 8.04. The number of rotatable bonds is 8. The van der Waals surface area contributed by atoms with Crippen LogP contribution in [-0.4, -0.2) is 34.7 Å². The van der Waals surface area contributed by atoms with Crippen LogP contribution in [0.4, 0.5) is 0 Å². The van der Waals surface area contributed by atoms with E-state index in [2.05, 4.69) is 6.92 Å². The van der Waals surface area contributed by atoms with Gasteiger partial charge in [-0.3, -0.25) is 4.79 Å². The van der Waals surface area contributed by atoms with Gasteiger partial charge in [-0.25, -0.2) is 4.68 Å². The topological polar surface area (TPSA) is 47.4 Å². The average molecular weight is 440 g/mol. The Labute approximate surface area is 195 Å². The van der Waals surface area contributed by atoms with Crippen LogP contribution in [0.5, 0.6) is 5.75 Å². The molecule has 0 spiro atoms. The summed E-state index contributed by atoms with van der Waals surface area (Å²) in [5, 5.41) is 4.96. The first-order valence-electron chi connectivity index (χ1n) is 11.2. The van der Waals surface area contributed by atoms with Gasteiger partial charge in [-0.05, 0) is 36.2 Å². The molecule has 33 heavy (non-hydrogen) atoms. The maximum atomic E-state index is 13.9. The summed E-state index contributed by atoms with van der Waals surface area (Å²) < 4.78 is 7.18. The summed E-state index contributed by atoms with van der Waals surface area (Å²) in [4.78, 5) is 15.6. The first kappa shape index (κ1) is 22.3. The molecular formula is C28H29N3O2. The number of methoxy groups -OCH3 is 1.